The van der Waals surface area contributed by atoms with Crippen LogP contribution in [0.5, 0.6) is 0 Å². The van der Waals surface area contributed by atoms with Gasteiger partial charge in [-0.2, -0.15) is 0 Å². The van der Waals surface area contributed by atoms with E-state index in [1.54, 1.807) is 11.3 Å². The highest BCUT2D eigenvalue weighted by atomic mass is 32.2. The van der Waals surface area contributed by atoms with Gasteiger partial charge < -0.3 is 5.32 Å². The van der Waals surface area contributed by atoms with Gasteiger partial charge in [0, 0.05) is 12.2 Å². The third-order valence-corrected chi connectivity index (χ3v) is 4.59. The van der Waals surface area contributed by atoms with Crippen LogP contribution in [0.4, 0.5) is 0 Å². The van der Waals surface area contributed by atoms with Gasteiger partial charge in [-0.25, -0.2) is 13.6 Å². The summed E-state index contributed by atoms with van der Waals surface area (Å²) in [7, 11) is -3.36. The van der Waals surface area contributed by atoms with Crippen LogP contribution in [0.15, 0.2) is 23.7 Å². The Bertz CT molecular complexity index is 652. The first-order valence-electron chi connectivity index (χ1n) is 6.03. The molecule has 0 saturated carbocycles. The Hall–Kier alpha value is -1.02. The smallest absolute Gasteiger partial charge is 0.209 e. The number of nitrogens with zero attached hydrogens (tertiary/aromatic N) is 1. The van der Waals surface area contributed by atoms with Crippen molar-refractivity contribution in [1.29, 1.82) is 0 Å². The maximum atomic E-state index is 10.8. The lowest BCUT2D eigenvalue weighted by Crippen LogP contribution is -2.24. The molecule has 0 saturated heterocycles. The molecule has 0 aliphatic carbocycles. The highest BCUT2D eigenvalue weighted by molar-refractivity contribution is 7.89. The van der Waals surface area contributed by atoms with Crippen LogP contribution in [0.3, 0.4) is 0 Å². The average molecular weight is 299 g/mol. The Morgan fingerprint density at radius 2 is 2.32 bits per heavy atom. The summed E-state index contributed by atoms with van der Waals surface area (Å²) >= 11 is 1.66. The highest BCUT2D eigenvalue weighted by Gasteiger charge is 2.08. The number of sulfonamides is 1. The second-order valence-corrected chi connectivity index (χ2v) is 7.15. The van der Waals surface area contributed by atoms with Gasteiger partial charge in [-0.3, -0.25) is 4.98 Å². The Labute approximate surface area is 116 Å². The van der Waals surface area contributed by atoms with Crippen molar-refractivity contribution >= 4 is 31.6 Å². The maximum absolute atomic E-state index is 10.8. The highest BCUT2D eigenvalue weighted by Crippen LogP contribution is 2.22. The third-order valence-electron chi connectivity index (χ3n) is 2.88. The quantitative estimate of drug-likeness (QED) is 0.794. The van der Waals surface area contributed by atoms with E-state index in [2.05, 4.69) is 16.4 Å². The Kier molecular flexibility index (Phi) is 4.51. The van der Waals surface area contributed by atoms with E-state index in [1.165, 1.54) is 0 Å². The van der Waals surface area contributed by atoms with Crippen molar-refractivity contribution in [2.24, 2.45) is 5.14 Å². The van der Waals surface area contributed by atoms with Crippen LogP contribution in [0.1, 0.15) is 24.9 Å². The summed E-state index contributed by atoms with van der Waals surface area (Å²) in [4.78, 5) is 4.38. The zero-order chi connectivity index (χ0) is 13.9. The standard InChI is InChI=1S/C12H17N3O2S2/c1-9(14-4-2-6-19(13,16)17)10-7-12-11(15-8-10)3-5-18-12/h3,5,7-9,14H,2,4,6H2,1H3,(H2,13,16,17). The fraction of sp³-hybridized carbons (Fsp3) is 0.417. The van der Waals surface area contributed by atoms with Crippen molar-refractivity contribution in [2.75, 3.05) is 12.3 Å². The topological polar surface area (TPSA) is 85.1 Å². The zero-order valence-corrected chi connectivity index (χ0v) is 12.3. The molecule has 0 aliphatic heterocycles. The molecule has 2 rings (SSSR count). The lowest BCUT2D eigenvalue weighted by molar-refractivity contribution is 0.560. The fourth-order valence-corrected chi connectivity index (χ4v) is 3.14. The van der Waals surface area contributed by atoms with E-state index in [-0.39, 0.29) is 11.8 Å². The van der Waals surface area contributed by atoms with Gasteiger partial charge in [-0.05, 0) is 43.0 Å². The number of pyridine rings is 1. The van der Waals surface area contributed by atoms with E-state index in [0.29, 0.717) is 13.0 Å². The molecule has 5 nitrogen and oxygen atoms in total. The number of hydrogen-bond acceptors (Lipinski definition) is 5. The fourth-order valence-electron chi connectivity index (χ4n) is 1.81. The molecular formula is C12H17N3O2S2. The minimum absolute atomic E-state index is 0.00886. The van der Waals surface area contributed by atoms with E-state index in [1.807, 2.05) is 24.6 Å². The number of aromatic nitrogens is 1. The van der Waals surface area contributed by atoms with Crippen molar-refractivity contribution < 1.29 is 8.42 Å². The van der Waals surface area contributed by atoms with E-state index < -0.39 is 10.0 Å². The van der Waals surface area contributed by atoms with Gasteiger partial charge >= 0.3 is 0 Å². The van der Waals surface area contributed by atoms with Gasteiger partial charge in [-0.1, -0.05) is 0 Å². The number of primary sulfonamides is 1. The van der Waals surface area contributed by atoms with Gasteiger partial charge in [-0.15, -0.1) is 11.3 Å². The molecule has 2 aromatic rings. The molecular weight excluding hydrogens is 282 g/mol. The van der Waals surface area contributed by atoms with Crippen LogP contribution in [-0.2, 0) is 10.0 Å². The molecule has 0 bridgehead atoms. The van der Waals surface area contributed by atoms with Gasteiger partial charge in [0.1, 0.15) is 0 Å². The van der Waals surface area contributed by atoms with Crippen LogP contribution in [0.2, 0.25) is 0 Å². The summed E-state index contributed by atoms with van der Waals surface area (Å²) < 4.78 is 22.8. The lowest BCUT2D eigenvalue weighted by Gasteiger charge is -2.13. The second-order valence-electron chi connectivity index (χ2n) is 4.47. The van der Waals surface area contributed by atoms with Crippen molar-refractivity contribution in [3.63, 3.8) is 0 Å². The summed E-state index contributed by atoms with van der Waals surface area (Å²) in [5.74, 6) is 0.00886. The first-order chi connectivity index (χ1) is 8.96. The van der Waals surface area contributed by atoms with Crippen molar-refractivity contribution in [3.8, 4) is 0 Å². The van der Waals surface area contributed by atoms with Crippen LogP contribution in [0, 0.1) is 0 Å². The molecule has 1 unspecified atom stereocenters. The zero-order valence-electron chi connectivity index (χ0n) is 10.7. The van der Waals surface area contributed by atoms with E-state index in [0.717, 1.165) is 15.8 Å². The molecule has 3 N–H and O–H groups in total. The van der Waals surface area contributed by atoms with Crippen LogP contribution in [-0.4, -0.2) is 25.7 Å². The molecule has 0 amide bonds. The van der Waals surface area contributed by atoms with Crippen LogP contribution >= 0.6 is 11.3 Å². The number of rotatable bonds is 6. The van der Waals surface area contributed by atoms with Crippen molar-refractivity contribution in [2.45, 2.75) is 19.4 Å². The first kappa shape index (κ1) is 14.4. The molecule has 1 atom stereocenters. The van der Waals surface area contributed by atoms with Gasteiger partial charge in [0.25, 0.3) is 0 Å². The van der Waals surface area contributed by atoms with Crippen molar-refractivity contribution in [3.05, 3.63) is 29.3 Å². The van der Waals surface area contributed by atoms with E-state index in [4.69, 9.17) is 5.14 Å². The molecule has 0 aromatic carbocycles. The maximum Gasteiger partial charge on any atom is 0.209 e. The molecule has 2 heterocycles. The minimum Gasteiger partial charge on any atom is -0.310 e. The summed E-state index contributed by atoms with van der Waals surface area (Å²) in [5, 5.41) is 10.2. The SMILES string of the molecule is CC(NCCCS(N)(=O)=O)c1cnc2ccsc2c1. The first-order valence-corrected chi connectivity index (χ1v) is 8.62. The lowest BCUT2D eigenvalue weighted by atomic mass is 10.1. The Balaban J connectivity index is 1.90. The predicted molar refractivity (Wildman–Crippen MR) is 78.6 cm³/mol. The molecule has 2 aromatic heterocycles. The minimum atomic E-state index is -3.36. The number of nitrogens with one attached hydrogen (secondary N) is 1. The molecule has 0 spiro atoms. The third kappa shape index (κ3) is 4.24. The summed E-state index contributed by atoms with van der Waals surface area (Å²) in [6.07, 6.45) is 2.37. The summed E-state index contributed by atoms with van der Waals surface area (Å²) in [6.45, 7) is 2.65. The predicted octanol–water partition coefficient (Wildman–Crippen LogP) is 1.63. The molecule has 0 fully saturated rings. The molecule has 104 valence electrons. The van der Waals surface area contributed by atoms with Gasteiger partial charge in [0.05, 0.1) is 16.0 Å². The Morgan fingerprint density at radius 1 is 1.53 bits per heavy atom. The molecule has 0 radical (unpaired) electrons. The second kappa shape index (κ2) is 5.96. The van der Waals surface area contributed by atoms with Gasteiger partial charge in [0.15, 0.2) is 0 Å². The van der Waals surface area contributed by atoms with E-state index in [9.17, 15) is 8.42 Å². The summed E-state index contributed by atoms with van der Waals surface area (Å²) in [6, 6.07) is 4.25. The van der Waals surface area contributed by atoms with Crippen LogP contribution < -0.4 is 10.5 Å². The van der Waals surface area contributed by atoms with E-state index >= 15 is 0 Å². The number of nitrogens with two attached hydrogens (primary N) is 1. The van der Waals surface area contributed by atoms with Gasteiger partial charge in [0.2, 0.25) is 10.0 Å². The molecule has 7 heteroatoms. The average Bonchev–Trinajstić information content (AvgIpc) is 2.80. The number of hydrogen-bond donors (Lipinski definition) is 2. The number of fused-ring (bicyclic) bond motifs is 1. The molecule has 0 aliphatic rings. The monoisotopic (exact) mass is 299 g/mol. The summed E-state index contributed by atoms with van der Waals surface area (Å²) in [5.41, 5.74) is 2.11. The largest absolute Gasteiger partial charge is 0.310 e. The Morgan fingerprint density at radius 3 is 3.05 bits per heavy atom. The van der Waals surface area contributed by atoms with Crippen LogP contribution in [0.25, 0.3) is 10.2 Å². The van der Waals surface area contributed by atoms with Crippen molar-refractivity contribution in [1.82, 2.24) is 10.3 Å². The molecule has 19 heavy (non-hydrogen) atoms. The normalized spacial score (nSPS) is 13.8. The number of thiophene rings is 1.